The number of nitrogens with one attached hydrogen (secondary N) is 1. The molecule has 8 nitrogen and oxygen atoms in total. The second-order valence-electron chi connectivity index (χ2n) is 5.44. The van der Waals surface area contributed by atoms with Crippen molar-refractivity contribution in [3.05, 3.63) is 0 Å². The molecule has 1 atom stereocenters. The first-order valence-electron chi connectivity index (χ1n) is 6.69. The molecule has 1 saturated heterocycles. The molecule has 1 fully saturated rings. The average Bonchev–Trinajstić information content (AvgIpc) is 2.38. The SMILES string of the molecule is CC(O)C(C)(C)Nc1nc(N)nc(N2CCOCC2)n1. The van der Waals surface area contributed by atoms with Crippen LogP contribution in [-0.4, -0.2) is 58.0 Å². The Bertz CT molecular complexity index is 459. The van der Waals surface area contributed by atoms with Gasteiger partial charge in [-0.15, -0.1) is 0 Å². The van der Waals surface area contributed by atoms with Crippen LogP contribution in [0.1, 0.15) is 20.8 Å². The topological polar surface area (TPSA) is 109 Å². The number of anilines is 3. The Morgan fingerprint density at radius 3 is 2.55 bits per heavy atom. The minimum absolute atomic E-state index is 0.158. The molecule has 0 amide bonds. The Hall–Kier alpha value is -1.67. The van der Waals surface area contributed by atoms with Crippen LogP contribution in [0.2, 0.25) is 0 Å². The van der Waals surface area contributed by atoms with E-state index >= 15 is 0 Å². The van der Waals surface area contributed by atoms with Crippen LogP contribution in [0.15, 0.2) is 0 Å². The van der Waals surface area contributed by atoms with Gasteiger partial charge < -0.3 is 25.8 Å². The fourth-order valence-electron chi connectivity index (χ4n) is 1.73. The van der Waals surface area contributed by atoms with Crippen molar-refractivity contribution in [2.75, 3.05) is 42.3 Å². The number of morpholine rings is 1. The molecule has 1 aliphatic rings. The summed E-state index contributed by atoms with van der Waals surface area (Å²) in [6.07, 6.45) is -0.563. The number of hydrogen-bond donors (Lipinski definition) is 3. The van der Waals surface area contributed by atoms with Crippen LogP contribution in [0.4, 0.5) is 17.8 Å². The van der Waals surface area contributed by atoms with Crippen LogP contribution < -0.4 is 16.0 Å². The van der Waals surface area contributed by atoms with E-state index in [2.05, 4.69) is 20.3 Å². The first kappa shape index (κ1) is 14.7. The van der Waals surface area contributed by atoms with Crippen molar-refractivity contribution in [1.82, 2.24) is 15.0 Å². The normalized spacial score (nSPS) is 17.9. The molecule has 1 unspecified atom stereocenters. The number of nitrogens with two attached hydrogens (primary N) is 1. The number of aromatic nitrogens is 3. The zero-order valence-electron chi connectivity index (χ0n) is 12.1. The molecule has 112 valence electrons. The molecule has 0 bridgehead atoms. The summed E-state index contributed by atoms with van der Waals surface area (Å²) in [5.41, 5.74) is 5.18. The molecule has 1 aromatic heterocycles. The van der Waals surface area contributed by atoms with E-state index < -0.39 is 11.6 Å². The quantitative estimate of drug-likeness (QED) is 0.700. The second kappa shape index (κ2) is 5.76. The van der Waals surface area contributed by atoms with Gasteiger partial charge >= 0.3 is 0 Å². The molecule has 2 rings (SSSR count). The maximum Gasteiger partial charge on any atom is 0.232 e. The zero-order valence-corrected chi connectivity index (χ0v) is 12.1. The number of aliphatic hydroxyl groups excluding tert-OH is 1. The summed E-state index contributed by atoms with van der Waals surface area (Å²) in [5.74, 6) is 1.06. The molecule has 2 heterocycles. The van der Waals surface area contributed by atoms with Gasteiger partial charge in [0.05, 0.1) is 24.9 Å². The highest BCUT2D eigenvalue weighted by Gasteiger charge is 2.25. The lowest BCUT2D eigenvalue weighted by atomic mass is 9.99. The summed E-state index contributed by atoms with van der Waals surface area (Å²) in [6.45, 7) is 8.19. The Kier molecular flexibility index (Phi) is 4.24. The van der Waals surface area contributed by atoms with E-state index in [0.717, 1.165) is 13.1 Å². The van der Waals surface area contributed by atoms with Crippen molar-refractivity contribution >= 4 is 17.8 Å². The first-order valence-corrected chi connectivity index (χ1v) is 6.69. The van der Waals surface area contributed by atoms with Gasteiger partial charge in [0.15, 0.2) is 0 Å². The maximum atomic E-state index is 9.74. The summed E-state index contributed by atoms with van der Waals surface area (Å²) in [5, 5.41) is 12.8. The van der Waals surface area contributed by atoms with Gasteiger partial charge in [0, 0.05) is 13.1 Å². The van der Waals surface area contributed by atoms with E-state index in [0.29, 0.717) is 25.1 Å². The molecule has 0 saturated carbocycles. The maximum absolute atomic E-state index is 9.74. The summed E-state index contributed by atoms with van der Waals surface area (Å²) in [4.78, 5) is 14.6. The Labute approximate surface area is 118 Å². The summed E-state index contributed by atoms with van der Waals surface area (Å²) in [7, 11) is 0. The lowest BCUT2D eigenvalue weighted by Gasteiger charge is -2.30. The van der Waals surface area contributed by atoms with Crippen molar-refractivity contribution in [1.29, 1.82) is 0 Å². The van der Waals surface area contributed by atoms with E-state index in [9.17, 15) is 5.11 Å². The molecular weight excluding hydrogens is 260 g/mol. The minimum Gasteiger partial charge on any atom is -0.391 e. The van der Waals surface area contributed by atoms with Crippen molar-refractivity contribution in [2.45, 2.75) is 32.4 Å². The van der Waals surface area contributed by atoms with Gasteiger partial charge in [-0.1, -0.05) is 0 Å². The third-order valence-corrected chi connectivity index (χ3v) is 3.41. The highest BCUT2D eigenvalue weighted by Crippen LogP contribution is 2.18. The molecule has 20 heavy (non-hydrogen) atoms. The number of rotatable bonds is 4. The molecule has 0 aromatic carbocycles. The van der Waals surface area contributed by atoms with Crippen molar-refractivity contribution in [2.24, 2.45) is 0 Å². The van der Waals surface area contributed by atoms with Gasteiger partial charge in [0.2, 0.25) is 17.8 Å². The minimum atomic E-state index is -0.563. The first-order chi connectivity index (χ1) is 9.38. The van der Waals surface area contributed by atoms with Gasteiger partial charge in [0.25, 0.3) is 0 Å². The van der Waals surface area contributed by atoms with E-state index in [4.69, 9.17) is 10.5 Å². The van der Waals surface area contributed by atoms with Crippen molar-refractivity contribution in [3.8, 4) is 0 Å². The van der Waals surface area contributed by atoms with Crippen molar-refractivity contribution in [3.63, 3.8) is 0 Å². The Morgan fingerprint density at radius 2 is 1.95 bits per heavy atom. The van der Waals surface area contributed by atoms with Crippen LogP contribution >= 0.6 is 0 Å². The highest BCUT2D eigenvalue weighted by atomic mass is 16.5. The van der Waals surface area contributed by atoms with Crippen LogP contribution in [0.5, 0.6) is 0 Å². The molecule has 0 aliphatic carbocycles. The van der Waals surface area contributed by atoms with Crippen LogP contribution in [0.25, 0.3) is 0 Å². The highest BCUT2D eigenvalue weighted by molar-refractivity contribution is 5.43. The number of ether oxygens (including phenoxy) is 1. The average molecular weight is 282 g/mol. The molecule has 4 N–H and O–H groups in total. The summed E-state index contributed by atoms with van der Waals surface area (Å²) >= 11 is 0. The lowest BCUT2D eigenvalue weighted by molar-refractivity contribution is 0.122. The van der Waals surface area contributed by atoms with E-state index in [1.165, 1.54) is 0 Å². The number of nitrogen functional groups attached to an aromatic ring is 1. The molecule has 1 aromatic rings. The number of aliphatic hydroxyl groups is 1. The van der Waals surface area contributed by atoms with Crippen LogP contribution in [-0.2, 0) is 4.74 Å². The molecule has 0 spiro atoms. The fraction of sp³-hybridized carbons (Fsp3) is 0.750. The van der Waals surface area contributed by atoms with Crippen molar-refractivity contribution < 1.29 is 9.84 Å². The van der Waals surface area contributed by atoms with Crippen LogP contribution in [0.3, 0.4) is 0 Å². The van der Waals surface area contributed by atoms with Gasteiger partial charge in [-0.3, -0.25) is 0 Å². The second-order valence-corrected chi connectivity index (χ2v) is 5.44. The number of hydrogen-bond acceptors (Lipinski definition) is 8. The summed E-state index contributed by atoms with van der Waals surface area (Å²) in [6, 6.07) is 0. The summed E-state index contributed by atoms with van der Waals surface area (Å²) < 4.78 is 5.30. The molecule has 8 heteroatoms. The van der Waals surface area contributed by atoms with Crippen LogP contribution in [0, 0.1) is 0 Å². The Balaban J connectivity index is 2.20. The van der Waals surface area contributed by atoms with E-state index in [1.807, 2.05) is 18.7 Å². The lowest BCUT2D eigenvalue weighted by Crippen LogP contribution is -2.43. The van der Waals surface area contributed by atoms with Gasteiger partial charge in [-0.25, -0.2) is 0 Å². The fourth-order valence-corrected chi connectivity index (χ4v) is 1.73. The van der Waals surface area contributed by atoms with E-state index in [1.54, 1.807) is 6.92 Å². The third-order valence-electron chi connectivity index (χ3n) is 3.41. The molecule has 1 aliphatic heterocycles. The Morgan fingerprint density at radius 1 is 1.30 bits per heavy atom. The van der Waals surface area contributed by atoms with Gasteiger partial charge in [-0.2, -0.15) is 15.0 Å². The molecular formula is C12H22N6O2. The predicted octanol–water partition coefficient (Wildman–Crippen LogP) is -0.138. The molecule has 0 radical (unpaired) electrons. The van der Waals surface area contributed by atoms with Gasteiger partial charge in [0.1, 0.15) is 0 Å². The third kappa shape index (κ3) is 3.45. The standard InChI is InChI=1S/C12H22N6O2/c1-8(19)12(2,3)17-10-14-9(13)15-11(16-10)18-4-6-20-7-5-18/h8,19H,4-7H2,1-3H3,(H3,13,14,15,16,17). The van der Waals surface area contributed by atoms with Gasteiger partial charge in [-0.05, 0) is 20.8 Å². The smallest absolute Gasteiger partial charge is 0.232 e. The number of nitrogens with zero attached hydrogens (tertiary/aromatic N) is 4. The largest absolute Gasteiger partial charge is 0.391 e. The zero-order chi connectivity index (χ0) is 14.8. The monoisotopic (exact) mass is 282 g/mol. The predicted molar refractivity (Wildman–Crippen MR) is 76.7 cm³/mol. The van der Waals surface area contributed by atoms with E-state index in [-0.39, 0.29) is 5.95 Å².